The third-order valence-corrected chi connectivity index (χ3v) is 5.39. The highest BCUT2D eigenvalue weighted by Gasteiger charge is 2.38. The van der Waals surface area contributed by atoms with Gasteiger partial charge in [-0.25, -0.2) is 0 Å². The smallest absolute Gasteiger partial charge is 0.147 e. The fraction of sp³-hybridized carbons (Fsp3) is 0.882. The van der Waals surface area contributed by atoms with Gasteiger partial charge in [-0.1, -0.05) is 13.3 Å². The van der Waals surface area contributed by atoms with E-state index in [1.54, 1.807) is 0 Å². The molecule has 2 fully saturated rings. The van der Waals surface area contributed by atoms with Crippen molar-refractivity contribution in [2.75, 3.05) is 26.9 Å². The second-order valence-electron chi connectivity index (χ2n) is 6.80. The summed E-state index contributed by atoms with van der Waals surface area (Å²) in [4.78, 5) is 2.54. The first-order valence-electron chi connectivity index (χ1n) is 8.97. The molecule has 1 saturated heterocycles. The zero-order valence-corrected chi connectivity index (χ0v) is 14.7. The van der Waals surface area contributed by atoms with Crippen molar-refractivity contribution in [3.8, 4) is 0 Å². The fourth-order valence-corrected chi connectivity index (χ4v) is 4.17. The van der Waals surface area contributed by atoms with Crippen LogP contribution in [0.15, 0.2) is 0 Å². The van der Waals surface area contributed by atoms with Crippen LogP contribution in [0.1, 0.15) is 44.3 Å². The van der Waals surface area contributed by atoms with Crippen LogP contribution in [0.4, 0.5) is 0 Å². The first-order valence-corrected chi connectivity index (χ1v) is 8.97. The molecule has 2 aliphatic rings. The molecule has 0 spiro atoms. The second-order valence-corrected chi connectivity index (χ2v) is 6.80. The maximum atomic E-state index is 5.80. The van der Waals surface area contributed by atoms with Gasteiger partial charge in [0.15, 0.2) is 0 Å². The van der Waals surface area contributed by atoms with Crippen LogP contribution in [-0.2, 0) is 22.6 Å². The molecule has 6 nitrogen and oxygen atoms in total. The average molecular weight is 322 g/mol. The predicted molar refractivity (Wildman–Crippen MR) is 88.2 cm³/mol. The number of rotatable bonds is 6. The van der Waals surface area contributed by atoms with Crippen LogP contribution in [-0.4, -0.2) is 58.7 Å². The average Bonchev–Trinajstić information content (AvgIpc) is 3.17. The number of hydrogen-bond acceptors (Lipinski definition) is 5. The maximum Gasteiger partial charge on any atom is 0.147 e. The highest BCUT2D eigenvalue weighted by molar-refractivity contribution is 4.97. The molecule has 0 unspecified atom stereocenters. The zero-order valence-electron chi connectivity index (χ0n) is 14.7. The number of ether oxygens (including phenoxy) is 2. The number of nitrogens with zero attached hydrogens (tertiary/aromatic N) is 4. The van der Waals surface area contributed by atoms with E-state index in [-0.39, 0.29) is 0 Å². The van der Waals surface area contributed by atoms with Gasteiger partial charge in [0.2, 0.25) is 0 Å². The van der Waals surface area contributed by atoms with Gasteiger partial charge in [-0.15, -0.1) is 10.2 Å². The Bertz CT molecular complexity index is 505. The Morgan fingerprint density at radius 3 is 2.96 bits per heavy atom. The molecule has 1 aromatic rings. The molecule has 1 aromatic heterocycles. The molecular formula is C17H30N4O2. The lowest BCUT2D eigenvalue weighted by Gasteiger charge is -2.40. The first-order chi connectivity index (χ1) is 11.2. The maximum absolute atomic E-state index is 5.80. The van der Waals surface area contributed by atoms with Crippen molar-refractivity contribution in [3.63, 3.8) is 0 Å². The van der Waals surface area contributed by atoms with Gasteiger partial charge in [0, 0.05) is 32.2 Å². The lowest BCUT2D eigenvalue weighted by Crippen LogP contribution is -2.51. The monoisotopic (exact) mass is 322 g/mol. The molecule has 6 heteroatoms. The van der Waals surface area contributed by atoms with Crippen LogP contribution in [0.2, 0.25) is 0 Å². The van der Waals surface area contributed by atoms with Gasteiger partial charge in [0.25, 0.3) is 0 Å². The summed E-state index contributed by atoms with van der Waals surface area (Å²) in [5.41, 5.74) is 0. The number of morpholine rings is 1. The Morgan fingerprint density at radius 1 is 1.30 bits per heavy atom. The topological polar surface area (TPSA) is 52.4 Å². The van der Waals surface area contributed by atoms with Gasteiger partial charge in [-0.05, 0) is 26.2 Å². The van der Waals surface area contributed by atoms with E-state index in [1.807, 2.05) is 14.0 Å². The molecular weight excluding hydrogens is 292 g/mol. The predicted octanol–water partition coefficient (Wildman–Crippen LogP) is 2.01. The minimum absolute atomic E-state index is 0.374. The van der Waals surface area contributed by atoms with Crippen molar-refractivity contribution >= 4 is 0 Å². The molecule has 1 aliphatic carbocycles. The van der Waals surface area contributed by atoms with Crippen LogP contribution >= 0.6 is 0 Å². The van der Waals surface area contributed by atoms with E-state index in [0.717, 1.165) is 50.9 Å². The van der Waals surface area contributed by atoms with Gasteiger partial charge in [-0.3, -0.25) is 4.90 Å². The Morgan fingerprint density at radius 2 is 2.17 bits per heavy atom. The molecule has 0 amide bonds. The summed E-state index contributed by atoms with van der Waals surface area (Å²) in [6.45, 7) is 8.68. The minimum Gasteiger partial charge on any atom is -0.381 e. The summed E-state index contributed by atoms with van der Waals surface area (Å²) >= 11 is 0. The van der Waals surface area contributed by atoms with E-state index in [4.69, 9.17) is 9.47 Å². The molecule has 0 radical (unpaired) electrons. The lowest BCUT2D eigenvalue weighted by atomic mass is 9.94. The highest BCUT2D eigenvalue weighted by Crippen LogP contribution is 2.34. The fourth-order valence-electron chi connectivity index (χ4n) is 4.17. The molecule has 0 bridgehead atoms. The van der Waals surface area contributed by atoms with Crippen LogP contribution in [0.5, 0.6) is 0 Å². The van der Waals surface area contributed by atoms with Gasteiger partial charge < -0.3 is 14.0 Å². The Kier molecular flexibility index (Phi) is 5.67. The van der Waals surface area contributed by atoms with Crippen molar-refractivity contribution in [1.82, 2.24) is 19.7 Å². The van der Waals surface area contributed by atoms with Crippen molar-refractivity contribution < 1.29 is 9.47 Å². The summed E-state index contributed by atoms with van der Waals surface area (Å²) in [5.74, 6) is 2.68. The number of methoxy groups -OCH3 is 1. The summed E-state index contributed by atoms with van der Waals surface area (Å²) < 4.78 is 13.8. The first kappa shape index (κ1) is 16.9. The SMILES string of the molecule is CCCn1c(C)nnc1CN1CCOC[C@@H]1[C@@H]1CCC[C@H]1OC. The highest BCUT2D eigenvalue weighted by atomic mass is 16.5. The van der Waals surface area contributed by atoms with E-state index < -0.39 is 0 Å². The molecule has 0 N–H and O–H groups in total. The van der Waals surface area contributed by atoms with Crippen molar-refractivity contribution in [2.45, 2.75) is 64.8 Å². The summed E-state index contributed by atoms with van der Waals surface area (Å²) in [5, 5.41) is 8.71. The van der Waals surface area contributed by atoms with Crippen molar-refractivity contribution in [1.29, 1.82) is 0 Å². The number of hydrogen-bond donors (Lipinski definition) is 0. The summed E-state index contributed by atoms with van der Waals surface area (Å²) in [6.07, 6.45) is 5.16. The van der Waals surface area contributed by atoms with Gasteiger partial charge in [0.1, 0.15) is 11.6 Å². The van der Waals surface area contributed by atoms with Crippen LogP contribution in [0.3, 0.4) is 0 Å². The Balaban J connectivity index is 1.74. The van der Waals surface area contributed by atoms with Crippen molar-refractivity contribution in [3.05, 3.63) is 11.6 Å². The van der Waals surface area contributed by atoms with Crippen LogP contribution in [0, 0.1) is 12.8 Å². The molecule has 2 heterocycles. The molecule has 1 saturated carbocycles. The number of aromatic nitrogens is 3. The molecule has 23 heavy (non-hydrogen) atoms. The minimum atomic E-state index is 0.374. The molecule has 1 aliphatic heterocycles. The Hall–Kier alpha value is -0.980. The third kappa shape index (κ3) is 3.59. The normalized spacial score (nSPS) is 29.3. The van der Waals surface area contributed by atoms with Gasteiger partial charge >= 0.3 is 0 Å². The van der Waals surface area contributed by atoms with Crippen LogP contribution in [0.25, 0.3) is 0 Å². The van der Waals surface area contributed by atoms with E-state index in [0.29, 0.717) is 18.1 Å². The second kappa shape index (κ2) is 7.73. The summed E-state index contributed by atoms with van der Waals surface area (Å²) in [7, 11) is 1.85. The Labute approximate surface area is 139 Å². The molecule has 3 atom stereocenters. The largest absolute Gasteiger partial charge is 0.381 e. The van der Waals surface area contributed by atoms with E-state index in [1.165, 1.54) is 19.3 Å². The zero-order chi connectivity index (χ0) is 16.2. The van der Waals surface area contributed by atoms with Crippen LogP contribution < -0.4 is 0 Å². The third-order valence-electron chi connectivity index (χ3n) is 5.39. The molecule has 3 rings (SSSR count). The van der Waals surface area contributed by atoms with Crippen molar-refractivity contribution in [2.24, 2.45) is 5.92 Å². The molecule has 0 aromatic carbocycles. The van der Waals surface area contributed by atoms with E-state index in [2.05, 4.69) is 26.6 Å². The summed E-state index contributed by atoms with van der Waals surface area (Å²) in [6, 6.07) is 0.434. The quantitative estimate of drug-likeness (QED) is 0.802. The number of aryl methyl sites for hydroxylation is 1. The van der Waals surface area contributed by atoms with E-state index >= 15 is 0 Å². The van der Waals surface area contributed by atoms with Gasteiger partial charge in [-0.2, -0.15) is 0 Å². The van der Waals surface area contributed by atoms with Gasteiger partial charge in [0.05, 0.1) is 25.9 Å². The molecule has 130 valence electrons. The lowest BCUT2D eigenvalue weighted by molar-refractivity contribution is -0.0619. The van der Waals surface area contributed by atoms with E-state index in [9.17, 15) is 0 Å². The standard InChI is InChI=1S/C17H30N4O2/c1-4-8-21-13(2)18-19-17(21)11-20-9-10-23-12-15(20)14-6-5-7-16(14)22-3/h14-16H,4-12H2,1-3H3/t14-,15+,16+/m0/s1.